The summed E-state index contributed by atoms with van der Waals surface area (Å²) in [4.78, 5) is 27.8. The average molecular weight is 327 g/mol. The van der Waals surface area contributed by atoms with E-state index in [4.69, 9.17) is 4.74 Å². The van der Waals surface area contributed by atoms with Crippen LogP contribution in [0.5, 0.6) is 0 Å². The number of amides is 2. The summed E-state index contributed by atoms with van der Waals surface area (Å²) >= 11 is 0. The van der Waals surface area contributed by atoms with Crippen LogP contribution in [0.25, 0.3) is 0 Å². The Kier molecular flexibility index (Phi) is 4.40. The SMILES string of the molecule is CO[C@H]1Nc2ccccc2C(=O)N2C=C(/C=C/C(=O)N(C)C)C[C@@H]12. The largest absolute Gasteiger partial charge is 0.360 e. The molecule has 0 fully saturated rings. The molecule has 0 spiro atoms. The van der Waals surface area contributed by atoms with E-state index in [0.29, 0.717) is 12.0 Å². The van der Waals surface area contributed by atoms with Gasteiger partial charge in [-0.25, -0.2) is 0 Å². The van der Waals surface area contributed by atoms with E-state index in [2.05, 4.69) is 5.32 Å². The van der Waals surface area contributed by atoms with Crippen molar-refractivity contribution in [3.05, 3.63) is 53.8 Å². The first-order chi connectivity index (χ1) is 11.5. The quantitative estimate of drug-likeness (QED) is 0.861. The summed E-state index contributed by atoms with van der Waals surface area (Å²) in [7, 11) is 5.03. The van der Waals surface area contributed by atoms with Gasteiger partial charge in [0.2, 0.25) is 5.91 Å². The number of methoxy groups -OCH3 is 1. The molecule has 3 rings (SSSR count). The lowest BCUT2D eigenvalue weighted by atomic mass is 10.1. The fraction of sp³-hybridized carbons (Fsp3) is 0.333. The number of carbonyl (C=O) groups is 2. The zero-order valence-electron chi connectivity index (χ0n) is 14.0. The van der Waals surface area contributed by atoms with E-state index in [1.54, 1.807) is 38.2 Å². The molecule has 2 aliphatic heterocycles. The van der Waals surface area contributed by atoms with Crippen molar-refractivity contribution in [3.63, 3.8) is 0 Å². The molecule has 0 radical (unpaired) electrons. The first-order valence-electron chi connectivity index (χ1n) is 7.82. The predicted molar refractivity (Wildman–Crippen MR) is 91.4 cm³/mol. The molecule has 1 N–H and O–H groups in total. The zero-order valence-corrected chi connectivity index (χ0v) is 14.0. The first kappa shape index (κ1) is 16.3. The normalized spacial score (nSPS) is 22.5. The zero-order chi connectivity index (χ0) is 17.3. The Morgan fingerprint density at radius 2 is 2.12 bits per heavy atom. The summed E-state index contributed by atoms with van der Waals surface area (Å²) in [6.45, 7) is 0. The second kappa shape index (κ2) is 6.49. The van der Waals surface area contributed by atoms with Gasteiger partial charge in [0, 0.05) is 39.2 Å². The van der Waals surface area contributed by atoms with Crippen LogP contribution in [0.1, 0.15) is 16.8 Å². The highest BCUT2D eigenvalue weighted by molar-refractivity contribution is 6.01. The van der Waals surface area contributed by atoms with E-state index in [-0.39, 0.29) is 24.1 Å². The molecule has 6 heteroatoms. The van der Waals surface area contributed by atoms with Crippen LogP contribution < -0.4 is 5.32 Å². The second-order valence-corrected chi connectivity index (χ2v) is 6.10. The third kappa shape index (κ3) is 2.92. The molecule has 2 heterocycles. The molecule has 0 unspecified atom stereocenters. The number of nitrogens with zero attached hydrogens (tertiary/aromatic N) is 2. The van der Waals surface area contributed by atoms with Crippen LogP contribution in [-0.2, 0) is 9.53 Å². The van der Waals surface area contributed by atoms with Crippen LogP contribution >= 0.6 is 0 Å². The summed E-state index contributed by atoms with van der Waals surface area (Å²) in [6, 6.07) is 7.26. The third-order valence-electron chi connectivity index (χ3n) is 4.28. The van der Waals surface area contributed by atoms with Crippen molar-refractivity contribution >= 4 is 17.5 Å². The molecule has 2 atom stereocenters. The monoisotopic (exact) mass is 327 g/mol. The van der Waals surface area contributed by atoms with Gasteiger partial charge < -0.3 is 19.9 Å². The highest BCUT2D eigenvalue weighted by Crippen LogP contribution is 2.33. The van der Waals surface area contributed by atoms with Crippen molar-refractivity contribution in [3.8, 4) is 0 Å². The van der Waals surface area contributed by atoms with E-state index in [0.717, 1.165) is 11.3 Å². The topological polar surface area (TPSA) is 61.9 Å². The smallest absolute Gasteiger partial charge is 0.260 e. The molecule has 6 nitrogen and oxygen atoms in total. The summed E-state index contributed by atoms with van der Waals surface area (Å²) < 4.78 is 5.56. The predicted octanol–water partition coefficient (Wildman–Crippen LogP) is 1.83. The van der Waals surface area contributed by atoms with E-state index >= 15 is 0 Å². The van der Waals surface area contributed by atoms with Crippen molar-refractivity contribution < 1.29 is 14.3 Å². The van der Waals surface area contributed by atoms with E-state index < -0.39 is 0 Å². The molecule has 0 aromatic heterocycles. The molecule has 126 valence electrons. The molecule has 0 aliphatic carbocycles. The number of nitrogens with one attached hydrogen (secondary N) is 1. The van der Waals surface area contributed by atoms with Gasteiger partial charge >= 0.3 is 0 Å². The highest BCUT2D eigenvalue weighted by Gasteiger charge is 2.38. The van der Waals surface area contributed by atoms with Gasteiger partial charge in [-0.15, -0.1) is 0 Å². The number of hydrogen-bond acceptors (Lipinski definition) is 4. The summed E-state index contributed by atoms with van der Waals surface area (Å²) in [6.07, 6.45) is 5.41. The number of benzene rings is 1. The van der Waals surface area contributed by atoms with Crippen LogP contribution in [0, 0.1) is 0 Å². The van der Waals surface area contributed by atoms with E-state index in [9.17, 15) is 9.59 Å². The van der Waals surface area contributed by atoms with Crippen LogP contribution in [0.2, 0.25) is 0 Å². The number of fused-ring (bicyclic) bond motifs is 2. The maximum Gasteiger partial charge on any atom is 0.260 e. The van der Waals surface area contributed by atoms with Crippen molar-refractivity contribution in [2.75, 3.05) is 26.5 Å². The Bertz CT molecular complexity index is 724. The molecule has 1 aromatic rings. The molecule has 1 aromatic carbocycles. The first-order valence-corrected chi connectivity index (χ1v) is 7.82. The number of hydrogen-bond donors (Lipinski definition) is 1. The van der Waals surface area contributed by atoms with Crippen LogP contribution in [-0.4, -0.2) is 55.1 Å². The molecular formula is C18H21N3O3. The Morgan fingerprint density at radius 1 is 1.38 bits per heavy atom. The Balaban J connectivity index is 1.90. The van der Waals surface area contributed by atoms with Crippen molar-refractivity contribution in [2.45, 2.75) is 18.7 Å². The lowest BCUT2D eigenvalue weighted by molar-refractivity contribution is -0.123. The summed E-state index contributed by atoms with van der Waals surface area (Å²) in [5.41, 5.74) is 2.32. The van der Waals surface area contributed by atoms with Crippen molar-refractivity contribution in [2.24, 2.45) is 0 Å². The summed E-state index contributed by atoms with van der Waals surface area (Å²) in [5, 5.41) is 3.30. The van der Waals surface area contributed by atoms with Crippen molar-refractivity contribution in [1.29, 1.82) is 0 Å². The average Bonchev–Trinajstić information content (AvgIpc) is 2.96. The van der Waals surface area contributed by atoms with Gasteiger partial charge in [-0.3, -0.25) is 9.59 Å². The van der Waals surface area contributed by atoms with E-state index in [1.165, 1.54) is 11.0 Å². The number of rotatable bonds is 3. The van der Waals surface area contributed by atoms with Gasteiger partial charge in [0.1, 0.15) is 6.23 Å². The number of carbonyl (C=O) groups excluding carboxylic acids is 2. The molecule has 0 saturated carbocycles. The number of ether oxygens (including phenoxy) is 1. The summed E-state index contributed by atoms with van der Waals surface area (Å²) in [5.74, 6) is -0.152. The standard InChI is InChI=1S/C18H21N3O3/c1-20(2)16(22)9-8-12-10-15-17(24-3)19-14-7-5-4-6-13(14)18(23)21(15)11-12/h4-9,11,15,17,19H,10H2,1-3H3/b9-8+/t15-,17+/m0/s1. The maximum absolute atomic E-state index is 12.9. The lowest BCUT2D eigenvalue weighted by Gasteiger charge is -2.27. The molecule has 24 heavy (non-hydrogen) atoms. The Labute approximate surface area is 141 Å². The molecule has 2 amide bonds. The van der Waals surface area contributed by atoms with Gasteiger partial charge in [0.15, 0.2) is 0 Å². The minimum atomic E-state index is -0.315. The molecule has 0 bridgehead atoms. The van der Waals surface area contributed by atoms with Gasteiger partial charge in [-0.2, -0.15) is 0 Å². The van der Waals surface area contributed by atoms with Crippen molar-refractivity contribution in [1.82, 2.24) is 9.80 Å². The maximum atomic E-state index is 12.9. The minimum absolute atomic E-state index is 0.0648. The van der Waals surface area contributed by atoms with Gasteiger partial charge in [-0.1, -0.05) is 18.2 Å². The molecule has 2 aliphatic rings. The Morgan fingerprint density at radius 3 is 2.83 bits per heavy atom. The number of likely N-dealkylation sites (N-methyl/N-ethyl adjacent to an activating group) is 1. The number of anilines is 1. The van der Waals surface area contributed by atoms with Crippen LogP contribution in [0.3, 0.4) is 0 Å². The lowest BCUT2D eigenvalue weighted by Crippen LogP contribution is -2.43. The van der Waals surface area contributed by atoms with Crippen LogP contribution in [0.15, 0.2) is 48.2 Å². The minimum Gasteiger partial charge on any atom is -0.360 e. The number of allylic oxidation sites excluding steroid dienone is 1. The fourth-order valence-corrected chi connectivity index (χ4v) is 2.97. The van der Waals surface area contributed by atoms with Crippen LogP contribution in [0.4, 0.5) is 5.69 Å². The Hall–Kier alpha value is -2.60. The highest BCUT2D eigenvalue weighted by atomic mass is 16.5. The van der Waals surface area contributed by atoms with Gasteiger partial charge in [0.25, 0.3) is 5.91 Å². The fourth-order valence-electron chi connectivity index (χ4n) is 2.97. The second-order valence-electron chi connectivity index (χ2n) is 6.10. The third-order valence-corrected chi connectivity index (χ3v) is 4.28. The van der Waals surface area contributed by atoms with Gasteiger partial charge in [0.05, 0.1) is 11.6 Å². The number of para-hydroxylation sites is 1. The van der Waals surface area contributed by atoms with Gasteiger partial charge in [-0.05, 0) is 24.1 Å². The molecular weight excluding hydrogens is 306 g/mol. The molecule has 0 saturated heterocycles. The van der Waals surface area contributed by atoms with E-state index in [1.807, 2.05) is 24.4 Å².